The van der Waals surface area contributed by atoms with Gasteiger partial charge in [-0.2, -0.15) is 0 Å². The Morgan fingerprint density at radius 2 is 1.57 bits per heavy atom. The molecular formula is C12H23NO6S2. The van der Waals surface area contributed by atoms with Crippen molar-refractivity contribution in [1.82, 2.24) is 4.31 Å². The van der Waals surface area contributed by atoms with Crippen molar-refractivity contribution < 1.29 is 26.3 Å². The van der Waals surface area contributed by atoms with Crippen molar-refractivity contribution in [3.63, 3.8) is 0 Å². The predicted molar refractivity (Wildman–Crippen MR) is 78.2 cm³/mol. The second kappa shape index (κ2) is 6.11. The van der Waals surface area contributed by atoms with Crippen LogP contribution < -0.4 is 0 Å². The first-order chi connectivity index (χ1) is 9.64. The summed E-state index contributed by atoms with van der Waals surface area (Å²) in [5.41, 5.74) is 0. The number of hydrogen-bond acceptors (Lipinski definition) is 6. The average Bonchev–Trinajstić information content (AvgIpc) is 2.84. The minimum Gasteiger partial charge on any atom is -0.348 e. The van der Waals surface area contributed by atoms with E-state index in [2.05, 4.69) is 0 Å². The maximum absolute atomic E-state index is 12.2. The van der Waals surface area contributed by atoms with Gasteiger partial charge in [0.1, 0.15) is 9.84 Å². The van der Waals surface area contributed by atoms with E-state index in [1.54, 1.807) is 0 Å². The quantitative estimate of drug-likeness (QED) is 0.698. The van der Waals surface area contributed by atoms with Crippen LogP contribution in [0.15, 0.2) is 0 Å². The second-order valence-corrected chi connectivity index (χ2v) is 10.2. The van der Waals surface area contributed by atoms with Crippen LogP contribution in [0.25, 0.3) is 0 Å². The van der Waals surface area contributed by atoms with Crippen LogP contribution >= 0.6 is 0 Å². The third kappa shape index (κ3) is 4.38. The van der Waals surface area contributed by atoms with Crippen molar-refractivity contribution >= 4 is 19.9 Å². The zero-order valence-electron chi connectivity index (χ0n) is 12.4. The van der Waals surface area contributed by atoms with Crippen LogP contribution in [0.4, 0.5) is 0 Å². The molecule has 0 aromatic heterocycles. The van der Waals surface area contributed by atoms with E-state index >= 15 is 0 Å². The molecule has 0 aromatic rings. The van der Waals surface area contributed by atoms with E-state index in [4.69, 9.17) is 9.47 Å². The Morgan fingerprint density at radius 3 is 2.05 bits per heavy atom. The molecule has 1 spiro atoms. The van der Waals surface area contributed by atoms with Gasteiger partial charge in [-0.15, -0.1) is 0 Å². The monoisotopic (exact) mass is 341 g/mol. The summed E-state index contributed by atoms with van der Waals surface area (Å²) in [5.74, 6) is -1.23. The van der Waals surface area contributed by atoms with Gasteiger partial charge in [0.15, 0.2) is 5.79 Å². The minimum absolute atomic E-state index is 0.118. The largest absolute Gasteiger partial charge is 0.348 e. The van der Waals surface area contributed by atoms with Gasteiger partial charge in [-0.05, 0) is 12.8 Å². The van der Waals surface area contributed by atoms with Crippen LogP contribution in [0.1, 0.15) is 25.7 Å². The molecule has 9 heteroatoms. The first-order valence-corrected chi connectivity index (χ1v) is 10.7. The van der Waals surface area contributed by atoms with Crippen LogP contribution in [0.5, 0.6) is 0 Å². The van der Waals surface area contributed by atoms with Crippen LogP contribution in [0.2, 0.25) is 0 Å². The molecule has 2 aliphatic rings. The summed E-state index contributed by atoms with van der Waals surface area (Å²) in [7, 11) is -5.32. The Morgan fingerprint density at radius 1 is 1.05 bits per heavy atom. The van der Waals surface area contributed by atoms with E-state index in [1.807, 2.05) is 0 Å². The number of hydrogen-bond donors (Lipinski definition) is 0. The third-order valence-electron chi connectivity index (χ3n) is 4.20. The van der Waals surface area contributed by atoms with E-state index in [1.165, 1.54) is 11.4 Å². The number of sulfonamides is 1. The number of nitrogens with zero attached hydrogens (tertiary/aromatic N) is 1. The zero-order valence-corrected chi connectivity index (χ0v) is 14.1. The van der Waals surface area contributed by atoms with E-state index in [9.17, 15) is 16.8 Å². The van der Waals surface area contributed by atoms with Gasteiger partial charge in [0.2, 0.25) is 10.0 Å². The molecule has 21 heavy (non-hydrogen) atoms. The van der Waals surface area contributed by atoms with E-state index < -0.39 is 25.6 Å². The third-order valence-corrected chi connectivity index (χ3v) is 7.30. The molecule has 1 saturated carbocycles. The Balaban J connectivity index is 1.93. The van der Waals surface area contributed by atoms with Gasteiger partial charge in [0.25, 0.3) is 0 Å². The molecule has 1 aliphatic heterocycles. The molecule has 0 aromatic carbocycles. The molecule has 0 amide bonds. The Labute approximate surface area is 126 Å². The van der Waals surface area contributed by atoms with Gasteiger partial charge >= 0.3 is 0 Å². The normalized spacial score (nSPS) is 24.0. The Hall–Kier alpha value is -0.220. The summed E-state index contributed by atoms with van der Waals surface area (Å²) < 4.78 is 59.2. The molecule has 0 unspecified atom stereocenters. The average molecular weight is 341 g/mol. The van der Waals surface area contributed by atoms with Crippen molar-refractivity contribution in [3.8, 4) is 0 Å². The van der Waals surface area contributed by atoms with Crippen LogP contribution in [-0.4, -0.2) is 71.0 Å². The predicted octanol–water partition coefficient (Wildman–Crippen LogP) is -0.0217. The number of rotatable bonds is 5. The second-order valence-electron chi connectivity index (χ2n) is 5.80. The SMILES string of the molecule is CN(C1CCC2(CC1)OCCO2)S(=O)(=O)CCS(C)(=O)=O. The van der Waals surface area contributed by atoms with Gasteiger partial charge in [-0.25, -0.2) is 21.1 Å². The lowest BCUT2D eigenvalue weighted by Crippen LogP contribution is -2.46. The summed E-state index contributed by atoms with van der Waals surface area (Å²) in [4.78, 5) is 0. The van der Waals surface area contributed by atoms with E-state index in [-0.39, 0.29) is 17.5 Å². The Bertz CT molecular complexity index is 555. The summed E-state index contributed by atoms with van der Waals surface area (Å²) in [5, 5.41) is 0. The number of sulfone groups is 1. The lowest BCUT2D eigenvalue weighted by Gasteiger charge is -2.38. The lowest BCUT2D eigenvalue weighted by molar-refractivity contribution is -0.181. The van der Waals surface area contributed by atoms with Crippen LogP contribution in [-0.2, 0) is 29.3 Å². The summed E-state index contributed by atoms with van der Waals surface area (Å²) >= 11 is 0. The highest BCUT2D eigenvalue weighted by atomic mass is 32.2. The van der Waals surface area contributed by atoms with Crippen molar-refractivity contribution in [2.45, 2.75) is 37.5 Å². The minimum atomic E-state index is -3.56. The van der Waals surface area contributed by atoms with Crippen molar-refractivity contribution in [2.24, 2.45) is 0 Å². The fourth-order valence-corrected chi connectivity index (χ4v) is 5.83. The molecule has 2 rings (SSSR count). The topological polar surface area (TPSA) is 90.0 Å². The van der Waals surface area contributed by atoms with Crippen LogP contribution in [0, 0.1) is 0 Å². The molecule has 7 nitrogen and oxygen atoms in total. The van der Waals surface area contributed by atoms with Gasteiger partial charge in [0.05, 0.1) is 24.7 Å². The zero-order chi connectivity index (χ0) is 15.7. The highest BCUT2D eigenvalue weighted by molar-refractivity contribution is 7.93. The standard InChI is InChI=1S/C12H23NO6S2/c1-13(21(16,17)10-9-20(2,14)15)11-3-5-12(6-4-11)18-7-8-19-12/h11H,3-10H2,1-2H3. The first kappa shape index (κ1) is 17.1. The molecule has 0 N–H and O–H groups in total. The molecule has 1 heterocycles. The lowest BCUT2D eigenvalue weighted by atomic mass is 9.90. The summed E-state index contributed by atoms with van der Waals surface area (Å²) in [6, 6.07) is -0.118. The summed E-state index contributed by atoms with van der Waals surface area (Å²) in [6.07, 6.45) is 3.71. The van der Waals surface area contributed by atoms with Gasteiger partial charge in [-0.3, -0.25) is 0 Å². The molecule has 0 atom stereocenters. The van der Waals surface area contributed by atoms with Crippen molar-refractivity contribution in [1.29, 1.82) is 0 Å². The summed E-state index contributed by atoms with van der Waals surface area (Å²) in [6.45, 7) is 1.18. The fraction of sp³-hybridized carbons (Fsp3) is 1.00. The number of ether oxygens (including phenoxy) is 2. The van der Waals surface area contributed by atoms with Crippen molar-refractivity contribution in [2.75, 3.05) is 38.0 Å². The van der Waals surface area contributed by atoms with Gasteiger partial charge in [0, 0.05) is 32.2 Å². The molecule has 124 valence electrons. The molecule has 0 bridgehead atoms. The van der Waals surface area contributed by atoms with E-state index in [0.717, 1.165) is 6.26 Å². The molecule has 2 fully saturated rings. The Kier molecular flexibility index (Phi) is 4.99. The maximum atomic E-state index is 12.2. The maximum Gasteiger partial charge on any atom is 0.215 e. The van der Waals surface area contributed by atoms with Crippen LogP contribution in [0.3, 0.4) is 0 Å². The fourth-order valence-electron chi connectivity index (χ4n) is 2.82. The molecule has 1 aliphatic carbocycles. The smallest absolute Gasteiger partial charge is 0.215 e. The van der Waals surface area contributed by atoms with Crippen molar-refractivity contribution in [3.05, 3.63) is 0 Å². The highest BCUT2D eigenvalue weighted by Gasteiger charge is 2.42. The van der Waals surface area contributed by atoms with Gasteiger partial charge in [-0.1, -0.05) is 0 Å². The molecule has 1 saturated heterocycles. The van der Waals surface area contributed by atoms with E-state index in [0.29, 0.717) is 38.9 Å². The first-order valence-electron chi connectivity index (χ1n) is 7.05. The molecular weight excluding hydrogens is 318 g/mol. The highest BCUT2D eigenvalue weighted by Crippen LogP contribution is 2.37. The molecule has 0 radical (unpaired) electrons. The van der Waals surface area contributed by atoms with Gasteiger partial charge < -0.3 is 9.47 Å².